The van der Waals surface area contributed by atoms with Crippen molar-refractivity contribution in [3.63, 3.8) is 0 Å². The summed E-state index contributed by atoms with van der Waals surface area (Å²) >= 11 is 2.01. The molecule has 3 aromatic rings. The number of hydrogen-bond acceptors (Lipinski definition) is 5. The number of nitrogens with one attached hydrogen (secondary N) is 1. The molecule has 1 amide bonds. The molecule has 3 aromatic carbocycles. The molecule has 2 heterocycles. The number of rotatable bonds is 8. The first kappa shape index (κ1) is 29.7. The van der Waals surface area contributed by atoms with Crippen LogP contribution in [-0.2, 0) is 20.7 Å². The van der Waals surface area contributed by atoms with Crippen LogP contribution in [0.4, 0.5) is 8.78 Å². The van der Waals surface area contributed by atoms with Crippen LogP contribution in [0.25, 0.3) is 10.8 Å². The van der Waals surface area contributed by atoms with Crippen molar-refractivity contribution in [3.05, 3.63) is 69.8 Å². The van der Waals surface area contributed by atoms with Gasteiger partial charge in [0.15, 0.2) is 6.04 Å². The average molecular weight is 710 g/mol. The summed E-state index contributed by atoms with van der Waals surface area (Å²) in [6, 6.07) is 12.3. The summed E-state index contributed by atoms with van der Waals surface area (Å²) in [4.78, 5) is 15.2. The summed E-state index contributed by atoms with van der Waals surface area (Å²) in [6.45, 7) is 0. The van der Waals surface area contributed by atoms with E-state index in [1.807, 2.05) is 28.7 Å². The zero-order valence-corrected chi connectivity index (χ0v) is 26.0. The number of carbonyl (C=O) groups is 1. The zero-order valence-electron chi connectivity index (χ0n) is 23.0. The van der Waals surface area contributed by atoms with Crippen LogP contribution in [0.2, 0.25) is 0 Å². The van der Waals surface area contributed by atoms with E-state index in [0.717, 1.165) is 34.6 Å². The molecule has 1 saturated carbocycles. The number of carbonyl (C=O) groups excluding carboxylic acids is 1. The molecule has 0 spiro atoms. The quantitative estimate of drug-likeness (QED) is 0.293. The number of nitrogens with zero attached hydrogens (tertiary/aromatic N) is 1. The van der Waals surface area contributed by atoms with E-state index in [4.69, 9.17) is 10.5 Å². The Morgan fingerprint density at radius 1 is 0.952 bits per heavy atom. The average Bonchev–Trinajstić information content (AvgIpc) is 3.56. The minimum Gasteiger partial charge on any atom is -0.490 e. The molecule has 2 aliphatic heterocycles. The first-order chi connectivity index (χ1) is 20.0. The molecule has 3 unspecified atom stereocenters. The molecule has 224 valence electrons. The number of sulfonamides is 1. The highest BCUT2D eigenvalue weighted by molar-refractivity contribution is 14.1. The number of alkyl halides is 2. The van der Waals surface area contributed by atoms with Crippen molar-refractivity contribution in [3.8, 4) is 5.75 Å². The van der Waals surface area contributed by atoms with E-state index in [2.05, 4.69) is 4.72 Å². The van der Waals surface area contributed by atoms with Crippen LogP contribution in [0.15, 0.2) is 65.6 Å². The number of halogens is 3. The van der Waals surface area contributed by atoms with Crippen LogP contribution in [-0.4, -0.2) is 49.5 Å². The Labute approximate surface area is 258 Å². The van der Waals surface area contributed by atoms with E-state index in [1.54, 1.807) is 18.2 Å². The van der Waals surface area contributed by atoms with Crippen LogP contribution < -0.4 is 15.2 Å². The fourth-order valence-corrected chi connectivity index (χ4v) is 8.29. The van der Waals surface area contributed by atoms with E-state index >= 15 is 8.78 Å². The van der Waals surface area contributed by atoms with E-state index in [9.17, 15) is 13.2 Å². The van der Waals surface area contributed by atoms with E-state index < -0.39 is 33.5 Å². The first-order valence-electron chi connectivity index (χ1n) is 14.5. The molecular formula is C31H34F2IN3O4S. The van der Waals surface area contributed by atoms with Crippen molar-refractivity contribution in [1.82, 2.24) is 9.62 Å². The SMILES string of the molecule is NC1CC2CCC(C1)N2C(=O)C(NS(=O)(=O)c1ccc2cc(OC3CCCC3)ccc2c1)C(F)(F)c1ccc(I)cc1. The smallest absolute Gasteiger partial charge is 0.298 e. The molecule has 7 nitrogen and oxygen atoms in total. The summed E-state index contributed by atoms with van der Waals surface area (Å²) in [5, 5.41) is 1.38. The molecule has 6 rings (SSSR count). The van der Waals surface area contributed by atoms with Crippen molar-refractivity contribution in [2.75, 3.05) is 0 Å². The van der Waals surface area contributed by atoms with Gasteiger partial charge in [-0.15, -0.1) is 0 Å². The Kier molecular flexibility index (Phi) is 8.22. The molecule has 3 fully saturated rings. The van der Waals surface area contributed by atoms with Crippen LogP contribution in [0.1, 0.15) is 56.9 Å². The third-order valence-electron chi connectivity index (χ3n) is 8.83. The van der Waals surface area contributed by atoms with Gasteiger partial charge >= 0.3 is 0 Å². The van der Waals surface area contributed by atoms with Crippen LogP contribution in [0.3, 0.4) is 0 Å². The number of hydrogen-bond donors (Lipinski definition) is 2. The van der Waals surface area contributed by atoms with Gasteiger partial charge < -0.3 is 15.4 Å². The lowest BCUT2D eigenvalue weighted by Gasteiger charge is -2.41. The summed E-state index contributed by atoms with van der Waals surface area (Å²) in [5.41, 5.74) is 5.72. The summed E-state index contributed by atoms with van der Waals surface area (Å²) in [7, 11) is -4.52. The number of benzene rings is 3. The third-order valence-corrected chi connectivity index (χ3v) is 11.0. The van der Waals surface area contributed by atoms with E-state index in [0.29, 0.717) is 36.8 Å². The normalized spacial score (nSPS) is 23.8. The second-order valence-corrected chi connectivity index (χ2v) is 14.7. The highest BCUT2D eigenvalue weighted by Gasteiger charge is 2.53. The largest absolute Gasteiger partial charge is 0.490 e. The number of ether oxygens (including phenoxy) is 1. The van der Waals surface area contributed by atoms with Crippen LogP contribution in [0, 0.1) is 3.57 Å². The fraction of sp³-hybridized carbons (Fsp3) is 0.452. The Morgan fingerprint density at radius 3 is 2.24 bits per heavy atom. The Morgan fingerprint density at radius 2 is 1.57 bits per heavy atom. The van der Waals surface area contributed by atoms with Crippen molar-refractivity contribution >= 4 is 49.3 Å². The van der Waals surface area contributed by atoms with Crippen molar-refractivity contribution in [1.29, 1.82) is 0 Å². The number of amides is 1. The molecule has 3 N–H and O–H groups in total. The van der Waals surface area contributed by atoms with Crippen molar-refractivity contribution in [2.45, 2.75) is 92.5 Å². The first-order valence-corrected chi connectivity index (χ1v) is 17.0. The summed E-state index contributed by atoms with van der Waals surface area (Å²) in [5.74, 6) is -4.02. The number of fused-ring (bicyclic) bond motifs is 3. The van der Waals surface area contributed by atoms with Crippen LogP contribution >= 0.6 is 22.6 Å². The topological polar surface area (TPSA) is 102 Å². The number of nitrogens with two attached hydrogens (primary N) is 1. The molecule has 2 saturated heterocycles. The van der Waals surface area contributed by atoms with Crippen molar-refractivity contribution in [2.24, 2.45) is 5.73 Å². The highest BCUT2D eigenvalue weighted by Crippen LogP contribution is 2.40. The molecule has 11 heteroatoms. The monoisotopic (exact) mass is 709 g/mol. The lowest BCUT2D eigenvalue weighted by Crippen LogP contribution is -2.60. The molecule has 0 aromatic heterocycles. The van der Waals surface area contributed by atoms with Gasteiger partial charge in [0.1, 0.15) is 5.75 Å². The molecule has 2 bridgehead atoms. The standard InChI is InChI=1S/C31H34F2IN3O4S/c32-31(33,21-7-9-22(34)10-8-21)29(30(38)37-24-11-12-25(37)18-23(35)17-24)36-42(39,40)28-14-6-19-15-27(13-5-20(19)16-28)41-26-3-1-2-4-26/h5-10,13-16,23-26,29,36H,1-4,11-12,17-18,35H2. The van der Waals surface area contributed by atoms with Gasteiger partial charge in [-0.05, 0) is 121 Å². The van der Waals surface area contributed by atoms with Gasteiger partial charge in [0, 0.05) is 27.3 Å². The minimum absolute atomic E-state index is 0.111. The Bertz CT molecular complexity index is 1570. The zero-order chi connectivity index (χ0) is 29.6. The maximum absolute atomic E-state index is 16.2. The van der Waals surface area contributed by atoms with Gasteiger partial charge in [0.2, 0.25) is 15.9 Å². The molecule has 3 aliphatic rings. The van der Waals surface area contributed by atoms with Gasteiger partial charge in [-0.25, -0.2) is 8.42 Å². The van der Waals surface area contributed by atoms with Crippen molar-refractivity contribution < 1.29 is 26.7 Å². The molecule has 1 aliphatic carbocycles. The molecule has 0 radical (unpaired) electrons. The van der Waals surface area contributed by atoms with Gasteiger partial charge in [-0.1, -0.05) is 24.3 Å². The Balaban J connectivity index is 1.31. The lowest BCUT2D eigenvalue weighted by molar-refractivity contribution is -0.149. The van der Waals surface area contributed by atoms with Crippen LogP contribution in [0.5, 0.6) is 5.75 Å². The fourth-order valence-electron chi connectivity index (χ4n) is 6.71. The molecule has 42 heavy (non-hydrogen) atoms. The summed E-state index contributed by atoms with van der Waals surface area (Å²) < 4.78 is 68.7. The second-order valence-electron chi connectivity index (χ2n) is 11.7. The second kappa shape index (κ2) is 11.6. The third kappa shape index (κ3) is 5.89. The lowest BCUT2D eigenvalue weighted by atomic mass is 9.95. The minimum atomic E-state index is -4.52. The van der Waals surface area contributed by atoms with E-state index in [1.165, 1.54) is 41.3 Å². The highest BCUT2D eigenvalue weighted by atomic mass is 127. The van der Waals surface area contributed by atoms with E-state index in [-0.39, 0.29) is 29.1 Å². The Hall–Kier alpha value is -2.35. The molecule has 3 atom stereocenters. The number of piperidine rings is 1. The molecular weight excluding hydrogens is 675 g/mol. The maximum atomic E-state index is 16.2. The summed E-state index contributed by atoms with van der Waals surface area (Å²) in [6.07, 6.45) is 6.84. The maximum Gasteiger partial charge on any atom is 0.298 e. The van der Waals surface area contributed by atoms with Gasteiger partial charge in [0.25, 0.3) is 5.92 Å². The predicted octanol–water partition coefficient (Wildman–Crippen LogP) is 5.69. The predicted molar refractivity (Wildman–Crippen MR) is 165 cm³/mol. The van der Waals surface area contributed by atoms with Gasteiger partial charge in [0.05, 0.1) is 11.0 Å². The van der Waals surface area contributed by atoms with Gasteiger partial charge in [-0.3, -0.25) is 4.79 Å². The van der Waals surface area contributed by atoms with Gasteiger partial charge in [-0.2, -0.15) is 13.5 Å².